The Kier molecular flexibility index (Phi) is 6.65. The van der Waals surface area contributed by atoms with Crippen LogP contribution in [0.3, 0.4) is 0 Å². The van der Waals surface area contributed by atoms with E-state index in [0.29, 0.717) is 12.0 Å². The zero-order valence-corrected chi connectivity index (χ0v) is 13.1. The van der Waals surface area contributed by atoms with E-state index in [-0.39, 0.29) is 18.0 Å². The molecule has 0 aliphatic rings. The van der Waals surface area contributed by atoms with Crippen molar-refractivity contribution in [2.24, 2.45) is 11.7 Å². The molecular formula is C15H21N3O5. The third-order valence-corrected chi connectivity index (χ3v) is 3.26. The van der Waals surface area contributed by atoms with E-state index in [0.717, 1.165) is 0 Å². The summed E-state index contributed by atoms with van der Waals surface area (Å²) >= 11 is 0. The molecule has 0 saturated heterocycles. The number of amides is 1. The lowest BCUT2D eigenvalue weighted by Crippen LogP contribution is -2.49. The van der Waals surface area contributed by atoms with Crippen molar-refractivity contribution < 1.29 is 19.6 Å². The molecule has 8 nitrogen and oxygen atoms in total. The van der Waals surface area contributed by atoms with E-state index >= 15 is 0 Å². The number of non-ortho nitro benzene ring substituents is 1. The highest BCUT2D eigenvalue weighted by Crippen LogP contribution is 2.13. The molecule has 0 aliphatic heterocycles. The third-order valence-electron chi connectivity index (χ3n) is 3.26. The number of hydrogen-bond donors (Lipinski definition) is 3. The highest BCUT2D eigenvalue weighted by Gasteiger charge is 2.24. The SMILES string of the molecule is CC(C)C[C@H](N)C(=O)N[C@@H](Cc1ccc([N+](=O)[O-])cc1)C(=O)O. The number of carboxylic acid groups (broad SMARTS) is 1. The number of nitrogens with one attached hydrogen (secondary N) is 1. The first-order valence-corrected chi connectivity index (χ1v) is 7.22. The predicted octanol–water partition coefficient (Wildman–Crippen LogP) is 1.08. The van der Waals surface area contributed by atoms with E-state index in [9.17, 15) is 24.8 Å². The summed E-state index contributed by atoms with van der Waals surface area (Å²) in [6, 6.07) is 3.61. The first-order chi connectivity index (χ1) is 10.7. The summed E-state index contributed by atoms with van der Waals surface area (Å²) in [6.07, 6.45) is 0.475. The number of nitrogens with two attached hydrogens (primary N) is 1. The fraction of sp³-hybridized carbons (Fsp3) is 0.467. The van der Waals surface area contributed by atoms with E-state index in [1.807, 2.05) is 13.8 Å². The van der Waals surface area contributed by atoms with Gasteiger partial charge < -0.3 is 16.2 Å². The van der Waals surface area contributed by atoms with Crippen molar-refractivity contribution in [2.45, 2.75) is 38.8 Å². The lowest BCUT2D eigenvalue weighted by molar-refractivity contribution is -0.384. The molecule has 1 aromatic carbocycles. The Morgan fingerprint density at radius 2 is 1.87 bits per heavy atom. The van der Waals surface area contributed by atoms with E-state index < -0.39 is 28.9 Å². The molecule has 0 heterocycles. The summed E-state index contributed by atoms with van der Waals surface area (Å²) in [5, 5.41) is 22.2. The van der Waals surface area contributed by atoms with Crippen LogP contribution in [0, 0.1) is 16.0 Å². The maximum atomic E-state index is 11.9. The van der Waals surface area contributed by atoms with Gasteiger partial charge in [0.2, 0.25) is 5.91 Å². The molecule has 1 amide bonds. The molecule has 0 fully saturated rings. The van der Waals surface area contributed by atoms with Crippen molar-refractivity contribution in [2.75, 3.05) is 0 Å². The van der Waals surface area contributed by atoms with Gasteiger partial charge in [-0.2, -0.15) is 0 Å². The van der Waals surface area contributed by atoms with Crippen molar-refractivity contribution >= 4 is 17.6 Å². The molecule has 0 aliphatic carbocycles. The zero-order chi connectivity index (χ0) is 17.6. The van der Waals surface area contributed by atoms with Crippen LogP contribution >= 0.6 is 0 Å². The molecule has 1 aromatic rings. The molecule has 0 unspecified atom stereocenters. The standard InChI is InChI=1S/C15H21N3O5/c1-9(2)7-12(16)14(19)17-13(15(20)21)8-10-3-5-11(6-4-10)18(22)23/h3-6,9,12-13H,7-8,16H2,1-2H3,(H,17,19)(H,20,21)/t12-,13-/m0/s1. The van der Waals surface area contributed by atoms with Crippen LogP contribution in [0.5, 0.6) is 0 Å². The lowest BCUT2D eigenvalue weighted by atomic mass is 10.0. The number of carbonyl (C=O) groups is 2. The quantitative estimate of drug-likeness (QED) is 0.484. The average Bonchev–Trinajstić information content (AvgIpc) is 2.46. The molecule has 8 heteroatoms. The van der Waals surface area contributed by atoms with Gasteiger partial charge in [0.05, 0.1) is 11.0 Å². The Balaban J connectivity index is 2.73. The molecular weight excluding hydrogens is 302 g/mol. The number of carbonyl (C=O) groups excluding carboxylic acids is 1. The predicted molar refractivity (Wildman–Crippen MR) is 83.8 cm³/mol. The Morgan fingerprint density at radius 1 is 1.30 bits per heavy atom. The fourth-order valence-corrected chi connectivity index (χ4v) is 2.08. The minimum Gasteiger partial charge on any atom is -0.480 e. The van der Waals surface area contributed by atoms with Gasteiger partial charge >= 0.3 is 5.97 Å². The maximum absolute atomic E-state index is 11.9. The summed E-state index contributed by atoms with van der Waals surface area (Å²) in [5.41, 5.74) is 6.22. The van der Waals surface area contributed by atoms with Gasteiger partial charge in [-0.05, 0) is 17.9 Å². The van der Waals surface area contributed by atoms with Crippen molar-refractivity contribution in [3.8, 4) is 0 Å². The van der Waals surface area contributed by atoms with Gasteiger partial charge in [0.25, 0.3) is 5.69 Å². The van der Waals surface area contributed by atoms with Gasteiger partial charge in [-0.3, -0.25) is 14.9 Å². The van der Waals surface area contributed by atoms with Crippen LogP contribution in [0.4, 0.5) is 5.69 Å². The minimum atomic E-state index is -1.19. The minimum absolute atomic E-state index is 0.0213. The zero-order valence-electron chi connectivity index (χ0n) is 13.1. The topological polar surface area (TPSA) is 136 Å². The first-order valence-electron chi connectivity index (χ1n) is 7.22. The Bertz CT molecular complexity index is 571. The molecule has 23 heavy (non-hydrogen) atoms. The lowest BCUT2D eigenvalue weighted by Gasteiger charge is -2.19. The van der Waals surface area contributed by atoms with E-state index in [1.54, 1.807) is 0 Å². The van der Waals surface area contributed by atoms with E-state index in [2.05, 4.69) is 5.32 Å². The van der Waals surface area contributed by atoms with Crippen molar-refractivity contribution in [3.63, 3.8) is 0 Å². The second kappa shape index (κ2) is 8.23. The van der Waals surface area contributed by atoms with Crippen molar-refractivity contribution in [1.29, 1.82) is 0 Å². The third kappa shape index (κ3) is 6.03. The van der Waals surface area contributed by atoms with Gasteiger partial charge in [-0.1, -0.05) is 26.0 Å². The van der Waals surface area contributed by atoms with Gasteiger partial charge in [0, 0.05) is 18.6 Å². The molecule has 1 rings (SSSR count). The molecule has 4 N–H and O–H groups in total. The maximum Gasteiger partial charge on any atom is 0.326 e. The summed E-state index contributed by atoms with van der Waals surface area (Å²) in [6.45, 7) is 3.83. The van der Waals surface area contributed by atoms with E-state index in [1.165, 1.54) is 24.3 Å². The molecule has 2 atom stereocenters. The Morgan fingerprint density at radius 3 is 2.30 bits per heavy atom. The van der Waals surface area contributed by atoms with Crippen molar-refractivity contribution in [3.05, 3.63) is 39.9 Å². The van der Waals surface area contributed by atoms with Gasteiger partial charge in [-0.15, -0.1) is 0 Å². The molecule has 0 radical (unpaired) electrons. The number of hydrogen-bond acceptors (Lipinski definition) is 5. The summed E-state index contributed by atoms with van der Waals surface area (Å²) in [5.74, 6) is -1.49. The van der Waals surface area contributed by atoms with Crippen molar-refractivity contribution in [1.82, 2.24) is 5.32 Å². The average molecular weight is 323 g/mol. The van der Waals surface area contributed by atoms with Crippen LogP contribution in [-0.2, 0) is 16.0 Å². The van der Waals surface area contributed by atoms with Crippen LogP contribution in [0.2, 0.25) is 0 Å². The largest absolute Gasteiger partial charge is 0.480 e. The fourth-order valence-electron chi connectivity index (χ4n) is 2.08. The van der Waals surface area contributed by atoms with Gasteiger partial charge in [0.1, 0.15) is 6.04 Å². The monoisotopic (exact) mass is 323 g/mol. The second-order valence-electron chi connectivity index (χ2n) is 5.76. The number of benzene rings is 1. The summed E-state index contributed by atoms with van der Waals surface area (Å²) in [4.78, 5) is 33.3. The number of rotatable bonds is 8. The first kappa shape index (κ1) is 18.6. The van der Waals surface area contributed by atoms with Crippen LogP contribution < -0.4 is 11.1 Å². The Hall–Kier alpha value is -2.48. The number of nitro benzene ring substituents is 1. The molecule has 0 spiro atoms. The summed E-state index contributed by atoms with van der Waals surface area (Å²) in [7, 11) is 0. The second-order valence-corrected chi connectivity index (χ2v) is 5.76. The number of nitrogens with zero attached hydrogens (tertiary/aromatic N) is 1. The molecule has 0 bridgehead atoms. The van der Waals surface area contributed by atoms with Crippen LogP contribution in [0.1, 0.15) is 25.8 Å². The highest BCUT2D eigenvalue weighted by molar-refractivity contribution is 5.86. The highest BCUT2D eigenvalue weighted by atomic mass is 16.6. The van der Waals surface area contributed by atoms with Crippen LogP contribution in [-0.4, -0.2) is 34.0 Å². The molecule has 0 saturated carbocycles. The number of aliphatic carboxylic acids is 1. The van der Waals surface area contributed by atoms with Gasteiger partial charge in [0.15, 0.2) is 0 Å². The molecule has 126 valence electrons. The normalized spacial score (nSPS) is 13.4. The van der Waals surface area contributed by atoms with Gasteiger partial charge in [-0.25, -0.2) is 4.79 Å². The van der Waals surface area contributed by atoms with Crippen LogP contribution in [0.15, 0.2) is 24.3 Å². The van der Waals surface area contributed by atoms with Crippen LogP contribution in [0.25, 0.3) is 0 Å². The number of carboxylic acids is 1. The Labute approximate surface area is 133 Å². The van der Waals surface area contributed by atoms with E-state index in [4.69, 9.17) is 5.73 Å². The molecule has 0 aromatic heterocycles. The number of nitro groups is 1. The smallest absolute Gasteiger partial charge is 0.326 e. The summed E-state index contributed by atoms with van der Waals surface area (Å²) < 4.78 is 0.